The standard InChI is InChI=1S/C19H20F2N4O2/c20-13-3-4-14(21)17-16(13)12-2-1-10(18(26)24-19(22)23)9-15(12)25(17)11-5-7-27-8-6-11/h1-4,9,11,19H,5-8,22-23H2,(H,24,26). The second kappa shape index (κ2) is 6.88. The molecule has 5 N–H and O–H groups in total. The van der Waals surface area contributed by atoms with Crippen LogP contribution in [-0.2, 0) is 4.74 Å². The maximum atomic E-state index is 14.7. The molecule has 0 saturated carbocycles. The molecule has 1 amide bonds. The van der Waals surface area contributed by atoms with Crippen molar-refractivity contribution in [2.24, 2.45) is 11.5 Å². The first-order valence-electron chi connectivity index (χ1n) is 8.79. The summed E-state index contributed by atoms with van der Waals surface area (Å²) >= 11 is 0. The summed E-state index contributed by atoms with van der Waals surface area (Å²) in [4.78, 5) is 12.3. The summed E-state index contributed by atoms with van der Waals surface area (Å²) < 4.78 is 36.5. The number of amides is 1. The molecule has 0 bridgehead atoms. The van der Waals surface area contributed by atoms with Crippen LogP contribution in [0.2, 0.25) is 0 Å². The minimum Gasteiger partial charge on any atom is -0.381 e. The quantitative estimate of drug-likeness (QED) is 0.613. The van der Waals surface area contributed by atoms with Gasteiger partial charge in [0, 0.05) is 35.6 Å². The summed E-state index contributed by atoms with van der Waals surface area (Å²) in [6.45, 7) is 1.09. The van der Waals surface area contributed by atoms with Gasteiger partial charge in [0.2, 0.25) is 0 Å². The molecule has 0 atom stereocenters. The van der Waals surface area contributed by atoms with E-state index in [0.29, 0.717) is 42.5 Å². The van der Waals surface area contributed by atoms with E-state index in [1.54, 1.807) is 22.8 Å². The van der Waals surface area contributed by atoms with Gasteiger partial charge in [-0.05, 0) is 37.1 Å². The van der Waals surface area contributed by atoms with Crippen LogP contribution in [0.5, 0.6) is 0 Å². The number of carbonyl (C=O) groups is 1. The number of halogens is 2. The minimum absolute atomic E-state index is 0.0508. The molecule has 1 aromatic heterocycles. The lowest BCUT2D eigenvalue weighted by atomic mass is 10.1. The highest BCUT2D eigenvalue weighted by Crippen LogP contribution is 2.38. The Morgan fingerprint density at radius 2 is 1.85 bits per heavy atom. The number of aromatic nitrogens is 1. The van der Waals surface area contributed by atoms with Gasteiger partial charge in [-0.15, -0.1) is 0 Å². The molecule has 0 aliphatic carbocycles. The number of hydrogen-bond donors (Lipinski definition) is 3. The van der Waals surface area contributed by atoms with Gasteiger partial charge in [0.05, 0.1) is 11.0 Å². The molecule has 1 fully saturated rings. The van der Waals surface area contributed by atoms with Crippen LogP contribution in [0.4, 0.5) is 8.78 Å². The third kappa shape index (κ3) is 3.05. The summed E-state index contributed by atoms with van der Waals surface area (Å²) in [5.74, 6) is -1.44. The largest absolute Gasteiger partial charge is 0.381 e. The summed E-state index contributed by atoms with van der Waals surface area (Å²) in [6.07, 6.45) is 0.363. The number of benzene rings is 2. The predicted octanol–water partition coefficient (Wildman–Crippen LogP) is 2.36. The Morgan fingerprint density at radius 1 is 1.15 bits per heavy atom. The fourth-order valence-electron chi connectivity index (χ4n) is 3.79. The lowest BCUT2D eigenvalue weighted by Crippen LogP contribution is -2.48. The Hall–Kier alpha value is -2.55. The lowest BCUT2D eigenvalue weighted by Gasteiger charge is -2.25. The fraction of sp³-hybridized carbons (Fsp3) is 0.316. The average Bonchev–Trinajstić information content (AvgIpc) is 3.00. The number of ether oxygens (including phenoxy) is 1. The topological polar surface area (TPSA) is 95.3 Å². The van der Waals surface area contributed by atoms with Crippen LogP contribution in [-0.4, -0.2) is 30.0 Å². The van der Waals surface area contributed by atoms with E-state index in [2.05, 4.69) is 5.32 Å². The Balaban J connectivity index is 1.99. The highest BCUT2D eigenvalue weighted by molar-refractivity contribution is 6.10. The van der Waals surface area contributed by atoms with Crippen LogP contribution < -0.4 is 16.8 Å². The SMILES string of the molecule is NC(N)NC(=O)c1ccc2c3c(F)ccc(F)c3n(C3CCOCC3)c2c1. The van der Waals surface area contributed by atoms with E-state index < -0.39 is 23.8 Å². The Kier molecular flexibility index (Phi) is 4.55. The normalized spacial score (nSPS) is 15.7. The van der Waals surface area contributed by atoms with Crippen molar-refractivity contribution in [3.05, 3.63) is 47.5 Å². The summed E-state index contributed by atoms with van der Waals surface area (Å²) in [6, 6.07) is 7.02. The van der Waals surface area contributed by atoms with Crippen molar-refractivity contribution >= 4 is 27.7 Å². The third-order valence-corrected chi connectivity index (χ3v) is 4.96. The molecule has 27 heavy (non-hydrogen) atoms. The molecule has 6 nitrogen and oxygen atoms in total. The van der Waals surface area contributed by atoms with Gasteiger partial charge >= 0.3 is 0 Å². The first kappa shape index (κ1) is 17.8. The van der Waals surface area contributed by atoms with E-state index in [1.165, 1.54) is 0 Å². The van der Waals surface area contributed by atoms with Crippen LogP contribution in [0.15, 0.2) is 30.3 Å². The predicted molar refractivity (Wildman–Crippen MR) is 98.1 cm³/mol. The number of rotatable bonds is 3. The van der Waals surface area contributed by atoms with E-state index >= 15 is 0 Å². The highest BCUT2D eigenvalue weighted by Gasteiger charge is 2.25. The van der Waals surface area contributed by atoms with Gasteiger partial charge in [0.1, 0.15) is 17.9 Å². The molecule has 4 rings (SSSR count). The second-order valence-corrected chi connectivity index (χ2v) is 6.70. The number of carbonyl (C=O) groups excluding carboxylic acids is 1. The first-order valence-corrected chi connectivity index (χ1v) is 8.79. The maximum Gasteiger partial charge on any atom is 0.253 e. The third-order valence-electron chi connectivity index (χ3n) is 4.96. The minimum atomic E-state index is -0.996. The van der Waals surface area contributed by atoms with Crippen LogP contribution in [0, 0.1) is 11.6 Å². The monoisotopic (exact) mass is 374 g/mol. The molecular formula is C19H20F2N4O2. The highest BCUT2D eigenvalue weighted by atomic mass is 19.1. The summed E-state index contributed by atoms with van der Waals surface area (Å²) in [7, 11) is 0. The lowest BCUT2D eigenvalue weighted by molar-refractivity contribution is 0.0716. The van der Waals surface area contributed by atoms with Crippen LogP contribution in [0.3, 0.4) is 0 Å². The van der Waals surface area contributed by atoms with Crippen molar-refractivity contribution in [2.45, 2.75) is 25.2 Å². The molecule has 1 saturated heterocycles. The zero-order chi connectivity index (χ0) is 19.1. The van der Waals surface area contributed by atoms with Crippen LogP contribution >= 0.6 is 0 Å². The van der Waals surface area contributed by atoms with Gasteiger partial charge in [-0.3, -0.25) is 16.3 Å². The number of nitrogens with zero attached hydrogens (tertiary/aromatic N) is 1. The summed E-state index contributed by atoms with van der Waals surface area (Å²) in [5.41, 5.74) is 12.0. The Bertz CT molecular complexity index is 1030. The van der Waals surface area contributed by atoms with Crippen molar-refractivity contribution in [3.63, 3.8) is 0 Å². The van der Waals surface area contributed by atoms with Gasteiger partial charge in [0.25, 0.3) is 5.91 Å². The van der Waals surface area contributed by atoms with E-state index in [4.69, 9.17) is 16.2 Å². The van der Waals surface area contributed by atoms with Crippen molar-refractivity contribution in [1.82, 2.24) is 9.88 Å². The van der Waals surface area contributed by atoms with Crippen molar-refractivity contribution in [1.29, 1.82) is 0 Å². The number of hydrogen-bond acceptors (Lipinski definition) is 4. The van der Waals surface area contributed by atoms with E-state index in [1.807, 2.05) is 0 Å². The average molecular weight is 374 g/mol. The van der Waals surface area contributed by atoms with E-state index in [0.717, 1.165) is 12.1 Å². The van der Waals surface area contributed by atoms with Gasteiger partial charge in [0.15, 0.2) is 0 Å². The smallest absolute Gasteiger partial charge is 0.253 e. The van der Waals surface area contributed by atoms with Gasteiger partial charge < -0.3 is 14.6 Å². The van der Waals surface area contributed by atoms with Crippen molar-refractivity contribution in [2.75, 3.05) is 13.2 Å². The Morgan fingerprint density at radius 3 is 2.56 bits per heavy atom. The molecule has 0 radical (unpaired) electrons. The zero-order valence-corrected chi connectivity index (χ0v) is 14.5. The van der Waals surface area contributed by atoms with Crippen molar-refractivity contribution in [3.8, 4) is 0 Å². The molecule has 0 unspecified atom stereocenters. The molecule has 1 aliphatic rings. The molecule has 0 spiro atoms. The van der Waals surface area contributed by atoms with E-state index in [-0.39, 0.29) is 16.9 Å². The number of fused-ring (bicyclic) bond motifs is 3. The molecule has 3 aromatic rings. The molecule has 1 aliphatic heterocycles. The molecular weight excluding hydrogens is 354 g/mol. The Labute approximate surface area is 154 Å². The maximum absolute atomic E-state index is 14.7. The number of nitrogens with two attached hydrogens (primary N) is 2. The summed E-state index contributed by atoms with van der Waals surface area (Å²) in [5, 5.41) is 3.20. The van der Waals surface area contributed by atoms with Crippen molar-refractivity contribution < 1.29 is 18.3 Å². The van der Waals surface area contributed by atoms with Gasteiger partial charge in [-0.1, -0.05) is 6.07 Å². The zero-order valence-electron chi connectivity index (χ0n) is 14.5. The number of nitrogens with one attached hydrogen (secondary N) is 1. The molecule has 2 heterocycles. The molecule has 142 valence electrons. The molecule has 8 heteroatoms. The fourth-order valence-corrected chi connectivity index (χ4v) is 3.79. The van der Waals surface area contributed by atoms with Crippen LogP contribution in [0.25, 0.3) is 21.8 Å². The first-order chi connectivity index (χ1) is 13.0. The van der Waals surface area contributed by atoms with Crippen LogP contribution in [0.1, 0.15) is 29.2 Å². The molecule has 2 aromatic carbocycles. The second-order valence-electron chi connectivity index (χ2n) is 6.70. The van der Waals surface area contributed by atoms with Gasteiger partial charge in [-0.25, -0.2) is 8.78 Å². The van der Waals surface area contributed by atoms with Gasteiger partial charge in [-0.2, -0.15) is 0 Å². The van der Waals surface area contributed by atoms with E-state index in [9.17, 15) is 13.6 Å².